The summed E-state index contributed by atoms with van der Waals surface area (Å²) in [6, 6.07) is 0.186. The topological polar surface area (TPSA) is 69.7 Å². The van der Waals surface area contributed by atoms with E-state index in [1.165, 1.54) is 4.90 Å². The van der Waals surface area contributed by atoms with Crippen LogP contribution >= 0.6 is 0 Å². The van der Waals surface area contributed by atoms with Crippen molar-refractivity contribution in [3.63, 3.8) is 0 Å². The number of carbonyl (C=O) groups excluding carboxylic acids is 3. The van der Waals surface area contributed by atoms with Crippen LogP contribution in [0.4, 0.5) is 4.79 Å². The zero-order valence-corrected chi connectivity index (χ0v) is 15.9. The van der Waals surface area contributed by atoms with Crippen molar-refractivity contribution in [2.45, 2.75) is 71.1 Å². The number of likely N-dealkylation sites (tertiary alicyclic amines) is 2. The molecule has 0 aromatic rings. The first-order valence-corrected chi connectivity index (χ1v) is 10.0. The summed E-state index contributed by atoms with van der Waals surface area (Å²) in [6.45, 7) is 5.87. The fourth-order valence-electron chi connectivity index (χ4n) is 5.62. The van der Waals surface area contributed by atoms with E-state index in [0.717, 1.165) is 32.1 Å². The third kappa shape index (κ3) is 2.57. The van der Waals surface area contributed by atoms with Crippen LogP contribution in [-0.2, 0) is 9.59 Å². The molecule has 2 bridgehead atoms. The zero-order chi connectivity index (χ0) is 18.6. The molecule has 0 radical (unpaired) electrons. The van der Waals surface area contributed by atoms with Crippen molar-refractivity contribution in [2.24, 2.45) is 23.7 Å². The Hall–Kier alpha value is -1.85. The Morgan fingerprint density at radius 2 is 1.50 bits per heavy atom. The first kappa shape index (κ1) is 17.6. The van der Waals surface area contributed by atoms with Gasteiger partial charge in [0, 0.05) is 12.1 Å². The fraction of sp³-hybridized carbons (Fsp3) is 0.750. The van der Waals surface area contributed by atoms with Crippen molar-refractivity contribution in [3.05, 3.63) is 12.2 Å². The molecule has 26 heavy (non-hydrogen) atoms. The average molecular weight is 359 g/mol. The molecule has 142 valence electrons. The molecule has 6 heteroatoms. The molecular formula is C20H29N3O3. The van der Waals surface area contributed by atoms with E-state index in [9.17, 15) is 14.4 Å². The Labute approximate surface area is 155 Å². The number of hydrogen-bond donors (Lipinski definition) is 1. The molecule has 3 fully saturated rings. The molecule has 1 saturated carbocycles. The largest absolute Gasteiger partial charge is 0.319 e. The summed E-state index contributed by atoms with van der Waals surface area (Å²) < 4.78 is 0. The lowest BCUT2D eigenvalue weighted by Gasteiger charge is -2.40. The maximum absolute atomic E-state index is 13.0. The normalized spacial score (nSPS) is 40.0. The van der Waals surface area contributed by atoms with Crippen molar-refractivity contribution < 1.29 is 14.4 Å². The molecule has 0 aromatic carbocycles. The second kappa shape index (κ2) is 6.39. The standard InChI is InChI=1S/C20H29N3O3/c1-11-5-4-6-12(2)22(11)20(26)21-13(3)23-18(24)16-14-7-8-15(10-9-14)17(16)19(23)25/h7-8,11-17H,4-6,9-10H2,1-3H3,(H,21,26)/t11-,12+,13-,14+,15+,16-,17+/m1/s1. The van der Waals surface area contributed by atoms with E-state index in [-0.39, 0.29) is 53.6 Å². The molecule has 5 aliphatic rings. The highest BCUT2D eigenvalue weighted by molar-refractivity contribution is 6.06. The molecular weight excluding hydrogens is 330 g/mol. The fourth-order valence-corrected chi connectivity index (χ4v) is 5.62. The first-order chi connectivity index (χ1) is 12.4. The molecule has 3 aliphatic carbocycles. The number of nitrogens with zero attached hydrogens (tertiary/aromatic N) is 2. The van der Waals surface area contributed by atoms with Gasteiger partial charge >= 0.3 is 6.03 Å². The van der Waals surface area contributed by atoms with Crippen molar-refractivity contribution in [1.82, 2.24) is 15.1 Å². The van der Waals surface area contributed by atoms with Crippen molar-refractivity contribution >= 4 is 17.8 Å². The number of nitrogens with one attached hydrogen (secondary N) is 1. The molecule has 2 saturated heterocycles. The lowest BCUT2D eigenvalue weighted by Crippen LogP contribution is -2.57. The molecule has 0 unspecified atom stereocenters. The van der Waals surface area contributed by atoms with Gasteiger partial charge in [0.2, 0.25) is 11.8 Å². The van der Waals surface area contributed by atoms with Gasteiger partial charge < -0.3 is 10.2 Å². The maximum Gasteiger partial charge on any atom is 0.319 e. The maximum atomic E-state index is 13.0. The van der Waals surface area contributed by atoms with Gasteiger partial charge in [-0.25, -0.2) is 4.79 Å². The Morgan fingerprint density at radius 1 is 1.00 bits per heavy atom. The SMILES string of the molecule is C[C@H](NC(=O)N1[C@H](C)CCC[C@@H]1C)N1C(=O)[C@@H]2[C@H](C1=O)[C@H]1C=C[C@H]2CC1. The molecule has 5 rings (SSSR count). The number of imide groups is 1. The van der Waals surface area contributed by atoms with Gasteiger partial charge in [0.05, 0.1) is 11.8 Å². The Balaban J connectivity index is 1.48. The van der Waals surface area contributed by atoms with Gasteiger partial charge in [-0.3, -0.25) is 14.5 Å². The minimum atomic E-state index is -0.603. The Kier molecular flexibility index (Phi) is 4.32. The molecule has 2 aliphatic heterocycles. The van der Waals surface area contributed by atoms with E-state index >= 15 is 0 Å². The highest BCUT2D eigenvalue weighted by Crippen LogP contribution is 2.49. The lowest BCUT2D eigenvalue weighted by molar-refractivity contribution is -0.142. The van der Waals surface area contributed by atoms with Crippen molar-refractivity contribution in [2.75, 3.05) is 0 Å². The van der Waals surface area contributed by atoms with Gasteiger partial charge in [-0.05, 0) is 64.7 Å². The van der Waals surface area contributed by atoms with Crippen LogP contribution in [0.15, 0.2) is 12.2 Å². The van der Waals surface area contributed by atoms with E-state index in [1.54, 1.807) is 6.92 Å². The summed E-state index contributed by atoms with van der Waals surface area (Å²) in [7, 11) is 0. The summed E-state index contributed by atoms with van der Waals surface area (Å²) in [6.07, 6.45) is 8.71. The van der Waals surface area contributed by atoms with Crippen LogP contribution in [0, 0.1) is 23.7 Å². The number of amides is 4. The van der Waals surface area contributed by atoms with Gasteiger partial charge in [0.15, 0.2) is 0 Å². The summed E-state index contributed by atoms with van der Waals surface area (Å²) in [5.74, 6) is -0.303. The number of allylic oxidation sites excluding steroid dienone is 2. The molecule has 7 atom stereocenters. The smallest absolute Gasteiger partial charge is 0.319 e. The number of rotatable bonds is 2. The number of carbonyl (C=O) groups is 3. The molecule has 1 N–H and O–H groups in total. The van der Waals surface area contributed by atoms with Crippen molar-refractivity contribution in [3.8, 4) is 0 Å². The lowest BCUT2D eigenvalue weighted by atomic mass is 9.63. The quantitative estimate of drug-likeness (QED) is 0.608. The monoisotopic (exact) mass is 359 g/mol. The first-order valence-electron chi connectivity index (χ1n) is 10.0. The minimum absolute atomic E-state index is 0.105. The Morgan fingerprint density at radius 3 is 1.96 bits per heavy atom. The van der Waals surface area contributed by atoms with Crippen LogP contribution in [0.2, 0.25) is 0 Å². The third-order valence-corrected chi connectivity index (χ3v) is 6.94. The summed E-state index contributed by atoms with van der Waals surface area (Å²) >= 11 is 0. The van der Waals surface area contributed by atoms with E-state index < -0.39 is 6.17 Å². The predicted octanol–water partition coefficient (Wildman–Crippen LogP) is 2.50. The van der Waals surface area contributed by atoms with E-state index in [4.69, 9.17) is 0 Å². The van der Waals surface area contributed by atoms with Gasteiger partial charge in [-0.15, -0.1) is 0 Å². The zero-order valence-electron chi connectivity index (χ0n) is 15.9. The highest BCUT2D eigenvalue weighted by Gasteiger charge is 2.57. The number of hydrogen-bond acceptors (Lipinski definition) is 3. The van der Waals surface area contributed by atoms with Crippen LogP contribution in [0.3, 0.4) is 0 Å². The second-order valence-electron chi connectivity index (χ2n) is 8.55. The summed E-state index contributed by atoms with van der Waals surface area (Å²) in [5.41, 5.74) is 0. The van der Waals surface area contributed by atoms with Gasteiger partial charge in [0.1, 0.15) is 6.17 Å². The number of piperidine rings is 1. The second-order valence-corrected chi connectivity index (χ2v) is 8.55. The Bertz CT molecular complexity index is 619. The summed E-state index contributed by atoms with van der Waals surface area (Å²) in [5, 5.41) is 2.92. The molecule has 6 nitrogen and oxygen atoms in total. The van der Waals surface area contributed by atoms with E-state index in [2.05, 4.69) is 31.3 Å². The third-order valence-electron chi connectivity index (χ3n) is 6.94. The van der Waals surface area contributed by atoms with Crippen LogP contribution in [0.25, 0.3) is 0 Å². The van der Waals surface area contributed by atoms with E-state index in [1.807, 2.05) is 4.90 Å². The minimum Gasteiger partial charge on any atom is -0.319 e. The highest BCUT2D eigenvalue weighted by atomic mass is 16.2. The van der Waals surface area contributed by atoms with Gasteiger partial charge in [0.25, 0.3) is 0 Å². The predicted molar refractivity (Wildman–Crippen MR) is 96.8 cm³/mol. The van der Waals surface area contributed by atoms with Crippen molar-refractivity contribution in [1.29, 1.82) is 0 Å². The molecule has 4 amide bonds. The molecule has 0 aromatic heterocycles. The number of urea groups is 1. The van der Waals surface area contributed by atoms with Gasteiger partial charge in [-0.1, -0.05) is 12.2 Å². The van der Waals surface area contributed by atoms with E-state index in [0.29, 0.717) is 0 Å². The molecule has 2 heterocycles. The molecule has 0 spiro atoms. The van der Waals surface area contributed by atoms with Gasteiger partial charge in [-0.2, -0.15) is 0 Å². The van der Waals surface area contributed by atoms with Crippen LogP contribution < -0.4 is 5.32 Å². The summed E-state index contributed by atoms with van der Waals surface area (Å²) in [4.78, 5) is 41.9. The number of fused-ring (bicyclic) bond motifs is 1. The average Bonchev–Trinajstić information content (AvgIpc) is 2.89. The van der Waals surface area contributed by atoms with Crippen LogP contribution in [0.5, 0.6) is 0 Å². The van der Waals surface area contributed by atoms with Crippen LogP contribution in [-0.4, -0.2) is 45.9 Å². The van der Waals surface area contributed by atoms with Crippen LogP contribution in [0.1, 0.15) is 52.9 Å².